The van der Waals surface area contributed by atoms with Crippen LogP contribution in [0.5, 0.6) is 0 Å². The van der Waals surface area contributed by atoms with Crippen molar-refractivity contribution in [2.75, 3.05) is 0 Å². The van der Waals surface area contributed by atoms with E-state index < -0.39 is 5.91 Å². The molecule has 0 radical (unpaired) electrons. The highest BCUT2D eigenvalue weighted by Crippen LogP contribution is 2.11. The van der Waals surface area contributed by atoms with E-state index in [1.807, 2.05) is 12.1 Å². The van der Waals surface area contributed by atoms with Crippen molar-refractivity contribution in [3.05, 3.63) is 57.1 Å². The lowest BCUT2D eigenvalue weighted by Crippen LogP contribution is -2.48. The lowest BCUT2D eigenvalue weighted by molar-refractivity contribution is 0.0933. The zero-order valence-electron chi connectivity index (χ0n) is 11.5. The summed E-state index contributed by atoms with van der Waals surface area (Å²) in [7, 11) is 0. The standard InChI is InChI=1S/C14H12IN3O3S/c1-8-9(6-7-21-8)13(20)17-18-14(22)16-12(19)10-4-2-3-5-11(10)15/h2-7H,1H3,(H,17,20)(H2,16,18,19,22). The average molecular weight is 429 g/mol. The number of carbonyl (C=O) groups is 2. The number of hydrogen-bond donors (Lipinski definition) is 3. The fourth-order valence-corrected chi connectivity index (χ4v) is 2.42. The first-order valence-corrected chi connectivity index (χ1v) is 7.68. The summed E-state index contributed by atoms with van der Waals surface area (Å²) in [6.45, 7) is 1.67. The molecule has 0 spiro atoms. The summed E-state index contributed by atoms with van der Waals surface area (Å²) >= 11 is 7.03. The van der Waals surface area contributed by atoms with Gasteiger partial charge in [0.05, 0.1) is 17.4 Å². The molecule has 2 amide bonds. The van der Waals surface area contributed by atoms with E-state index in [4.69, 9.17) is 16.6 Å². The number of amides is 2. The van der Waals surface area contributed by atoms with Crippen LogP contribution < -0.4 is 16.2 Å². The Morgan fingerprint density at radius 2 is 1.82 bits per heavy atom. The van der Waals surface area contributed by atoms with Gasteiger partial charge in [-0.05, 0) is 59.9 Å². The van der Waals surface area contributed by atoms with E-state index in [1.165, 1.54) is 6.26 Å². The van der Waals surface area contributed by atoms with E-state index in [0.29, 0.717) is 16.9 Å². The van der Waals surface area contributed by atoms with Crippen LogP contribution in [0.3, 0.4) is 0 Å². The highest BCUT2D eigenvalue weighted by atomic mass is 127. The number of carbonyl (C=O) groups excluding carboxylic acids is 2. The van der Waals surface area contributed by atoms with E-state index >= 15 is 0 Å². The van der Waals surface area contributed by atoms with E-state index in [-0.39, 0.29) is 11.0 Å². The molecule has 22 heavy (non-hydrogen) atoms. The van der Waals surface area contributed by atoms with E-state index in [9.17, 15) is 9.59 Å². The van der Waals surface area contributed by atoms with Crippen molar-refractivity contribution in [1.29, 1.82) is 0 Å². The van der Waals surface area contributed by atoms with Crippen LogP contribution in [-0.4, -0.2) is 16.9 Å². The van der Waals surface area contributed by atoms with Crippen molar-refractivity contribution in [3.63, 3.8) is 0 Å². The largest absolute Gasteiger partial charge is 0.469 e. The van der Waals surface area contributed by atoms with Gasteiger partial charge in [-0.2, -0.15) is 0 Å². The first-order chi connectivity index (χ1) is 10.5. The van der Waals surface area contributed by atoms with Crippen molar-refractivity contribution >= 4 is 51.7 Å². The monoisotopic (exact) mass is 429 g/mol. The average Bonchev–Trinajstić information content (AvgIpc) is 2.91. The Hall–Kier alpha value is -1.94. The Morgan fingerprint density at radius 3 is 2.45 bits per heavy atom. The van der Waals surface area contributed by atoms with Gasteiger partial charge in [-0.15, -0.1) is 0 Å². The van der Waals surface area contributed by atoms with E-state index in [1.54, 1.807) is 25.1 Å². The van der Waals surface area contributed by atoms with Crippen molar-refractivity contribution < 1.29 is 14.0 Å². The Kier molecular flexibility index (Phi) is 5.50. The Labute approximate surface area is 145 Å². The molecule has 8 heteroatoms. The van der Waals surface area contributed by atoms with Crippen LogP contribution in [0.4, 0.5) is 0 Å². The van der Waals surface area contributed by atoms with Gasteiger partial charge < -0.3 is 4.42 Å². The van der Waals surface area contributed by atoms with Crippen LogP contribution in [-0.2, 0) is 0 Å². The van der Waals surface area contributed by atoms with Gasteiger partial charge >= 0.3 is 0 Å². The molecule has 114 valence electrons. The minimum atomic E-state index is -0.405. The molecule has 0 aliphatic carbocycles. The van der Waals surface area contributed by atoms with Gasteiger partial charge in [-0.1, -0.05) is 12.1 Å². The molecule has 2 rings (SSSR count). The molecule has 1 aromatic carbocycles. The highest BCUT2D eigenvalue weighted by Gasteiger charge is 2.13. The second-order valence-corrected chi connectivity index (χ2v) is 5.80. The number of halogens is 1. The SMILES string of the molecule is Cc1occc1C(=O)NNC(=S)NC(=O)c1ccccc1I. The van der Waals surface area contributed by atoms with Gasteiger partial charge in [0.15, 0.2) is 5.11 Å². The van der Waals surface area contributed by atoms with Crippen molar-refractivity contribution in [2.45, 2.75) is 6.92 Å². The minimum Gasteiger partial charge on any atom is -0.469 e. The molecule has 6 nitrogen and oxygen atoms in total. The quantitative estimate of drug-likeness (QED) is 0.387. The third-order valence-electron chi connectivity index (χ3n) is 2.74. The van der Waals surface area contributed by atoms with Gasteiger partial charge in [0.2, 0.25) is 0 Å². The van der Waals surface area contributed by atoms with Gasteiger partial charge in [-0.25, -0.2) is 0 Å². The molecule has 3 N–H and O–H groups in total. The summed E-state index contributed by atoms with van der Waals surface area (Å²) in [6, 6.07) is 8.64. The Balaban J connectivity index is 1.89. The Bertz CT molecular complexity index is 730. The van der Waals surface area contributed by atoms with Crippen molar-refractivity contribution in [2.24, 2.45) is 0 Å². The van der Waals surface area contributed by atoms with Crippen molar-refractivity contribution in [1.82, 2.24) is 16.2 Å². The minimum absolute atomic E-state index is 0.000786. The maximum Gasteiger partial charge on any atom is 0.273 e. The summed E-state index contributed by atoms with van der Waals surface area (Å²) in [5.74, 6) is -0.263. The molecule has 0 atom stereocenters. The third-order valence-corrected chi connectivity index (χ3v) is 3.88. The van der Waals surface area contributed by atoms with Gasteiger partial charge in [0.1, 0.15) is 5.76 Å². The molecule has 0 fully saturated rings. The smallest absolute Gasteiger partial charge is 0.273 e. The van der Waals surface area contributed by atoms with Gasteiger partial charge in [0, 0.05) is 3.57 Å². The summed E-state index contributed by atoms with van der Waals surface area (Å²) in [5, 5.41) is 2.49. The normalized spacial score (nSPS) is 9.91. The molecule has 0 saturated carbocycles. The van der Waals surface area contributed by atoms with Crippen LogP contribution in [0.25, 0.3) is 0 Å². The Morgan fingerprint density at radius 1 is 1.09 bits per heavy atom. The first-order valence-electron chi connectivity index (χ1n) is 6.19. The molecule has 0 unspecified atom stereocenters. The number of aryl methyl sites for hydroxylation is 1. The molecule has 1 aromatic heterocycles. The predicted molar refractivity (Wildman–Crippen MR) is 93.3 cm³/mol. The van der Waals surface area contributed by atoms with Crippen LogP contribution in [0, 0.1) is 10.5 Å². The number of hydrazine groups is 1. The molecular weight excluding hydrogens is 417 g/mol. The molecule has 1 heterocycles. The molecule has 0 saturated heterocycles. The second kappa shape index (κ2) is 7.36. The number of hydrogen-bond acceptors (Lipinski definition) is 4. The summed E-state index contributed by atoms with van der Waals surface area (Å²) in [4.78, 5) is 23.9. The summed E-state index contributed by atoms with van der Waals surface area (Å²) < 4.78 is 5.84. The van der Waals surface area contributed by atoms with E-state index in [0.717, 1.165) is 3.57 Å². The van der Waals surface area contributed by atoms with Gasteiger partial charge in [-0.3, -0.25) is 25.8 Å². The number of benzene rings is 1. The maximum atomic E-state index is 12.0. The molecular formula is C14H12IN3O3S. The maximum absolute atomic E-state index is 12.0. The zero-order valence-corrected chi connectivity index (χ0v) is 14.4. The molecule has 0 aliphatic heterocycles. The van der Waals surface area contributed by atoms with Crippen LogP contribution in [0.2, 0.25) is 0 Å². The molecule has 0 bridgehead atoms. The number of rotatable bonds is 2. The third kappa shape index (κ3) is 4.04. The lowest BCUT2D eigenvalue weighted by Gasteiger charge is -2.11. The molecule has 0 aliphatic rings. The molecule has 2 aromatic rings. The summed E-state index contributed by atoms with van der Waals surface area (Å²) in [6.07, 6.45) is 1.42. The number of nitrogens with one attached hydrogen (secondary N) is 3. The highest BCUT2D eigenvalue weighted by molar-refractivity contribution is 14.1. The first kappa shape index (κ1) is 16.4. The predicted octanol–water partition coefficient (Wildman–Crippen LogP) is 2.14. The van der Waals surface area contributed by atoms with Gasteiger partial charge in [0.25, 0.3) is 11.8 Å². The van der Waals surface area contributed by atoms with Crippen LogP contribution >= 0.6 is 34.8 Å². The number of thiocarbonyl (C=S) groups is 1. The topological polar surface area (TPSA) is 83.4 Å². The lowest BCUT2D eigenvalue weighted by atomic mass is 10.2. The van der Waals surface area contributed by atoms with Crippen LogP contribution in [0.15, 0.2) is 41.0 Å². The number of furan rings is 1. The summed E-state index contributed by atoms with van der Waals surface area (Å²) in [5.41, 5.74) is 5.76. The fraction of sp³-hybridized carbons (Fsp3) is 0.0714. The van der Waals surface area contributed by atoms with Crippen LogP contribution in [0.1, 0.15) is 26.5 Å². The second-order valence-electron chi connectivity index (χ2n) is 4.23. The fourth-order valence-electron chi connectivity index (χ4n) is 1.65. The van der Waals surface area contributed by atoms with Crippen molar-refractivity contribution in [3.8, 4) is 0 Å². The van der Waals surface area contributed by atoms with E-state index in [2.05, 4.69) is 38.8 Å². The zero-order chi connectivity index (χ0) is 16.1.